The summed E-state index contributed by atoms with van der Waals surface area (Å²) in [6.45, 7) is 11.9. The van der Waals surface area contributed by atoms with Gasteiger partial charge in [-0.3, -0.25) is 62.3 Å². The van der Waals surface area contributed by atoms with Crippen molar-refractivity contribution in [3.63, 3.8) is 0 Å². The molecule has 0 aromatic rings. The molecule has 13 amide bonds. The Kier molecular flexibility index (Phi) is 29.6. The molecule has 408 valence electrons. The van der Waals surface area contributed by atoms with E-state index >= 15 is 0 Å². The molecule has 0 rings (SSSR count). The largest absolute Gasteiger partial charge is 0.370 e. The fraction of sp³-hybridized carbons (Fsp3) is 0.705. The van der Waals surface area contributed by atoms with Crippen LogP contribution in [0.1, 0.15) is 119 Å². The highest BCUT2D eigenvalue weighted by molar-refractivity contribution is 6.00. The Morgan fingerprint density at radius 1 is 0.431 bits per heavy atom. The van der Waals surface area contributed by atoms with Crippen LogP contribution in [0.25, 0.3) is 0 Å². The molecule has 10 atom stereocenters. The number of hydrogen-bond acceptors (Lipinski definition) is 15. The van der Waals surface area contributed by atoms with E-state index in [-0.39, 0.29) is 38.1 Å². The summed E-state index contributed by atoms with van der Waals surface area (Å²) in [6.07, 6.45) is -2.30. The van der Waals surface area contributed by atoms with E-state index in [0.717, 1.165) is 0 Å². The molecule has 28 heteroatoms. The SMILES string of the molecule is CC[C@H](C)[C@H](NC(=O)[C@H](C)NC(=O)[C@@H](NC(=O)[C@@H](N)CC(C)C)C(C)C)C(=O)N[C@@H](CCC(N)=O)C(=O)N[C@@H](CC(N)=O)C(=O)N[C@@H](CCCCN)C(=O)N[C@@H](CC(N)=O)C(=O)N[C@@H](CCC(N)=O)C(N)=O. The van der Waals surface area contributed by atoms with E-state index in [0.29, 0.717) is 19.3 Å². The second-order valence-corrected chi connectivity index (χ2v) is 18.4. The number of unbranched alkanes of at least 4 members (excludes halogenated alkanes) is 1. The molecule has 0 saturated carbocycles. The lowest BCUT2D eigenvalue weighted by molar-refractivity contribution is -0.137. The molecule has 0 aromatic carbocycles. The third-order valence-corrected chi connectivity index (χ3v) is 11.2. The Morgan fingerprint density at radius 2 is 0.833 bits per heavy atom. The maximum absolute atomic E-state index is 14.0. The van der Waals surface area contributed by atoms with Gasteiger partial charge in [-0.2, -0.15) is 0 Å². The second kappa shape index (κ2) is 32.8. The van der Waals surface area contributed by atoms with Gasteiger partial charge in [-0.05, 0) is 69.7 Å². The van der Waals surface area contributed by atoms with Gasteiger partial charge in [0.1, 0.15) is 48.3 Å². The van der Waals surface area contributed by atoms with Gasteiger partial charge < -0.3 is 82.7 Å². The highest BCUT2D eigenvalue weighted by Crippen LogP contribution is 2.12. The molecule has 0 radical (unpaired) electrons. The molecule has 0 aliphatic carbocycles. The van der Waals surface area contributed by atoms with Gasteiger partial charge in [0.15, 0.2) is 0 Å². The second-order valence-electron chi connectivity index (χ2n) is 18.4. The van der Waals surface area contributed by atoms with Crippen LogP contribution in [0.15, 0.2) is 0 Å². The number of rotatable bonds is 36. The molecule has 0 aliphatic rings. The molecule has 0 saturated heterocycles. The van der Waals surface area contributed by atoms with Gasteiger partial charge in [-0.15, -0.1) is 0 Å². The van der Waals surface area contributed by atoms with Gasteiger partial charge in [0, 0.05) is 12.8 Å². The van der Waals surface area contributed by atoms with E-state index in [9.17, 15) is 62.3 Å². The summed E-state index contributed by atoms with van der Waals surface area (Å²) in [7, 11) is 0. The summed E-state index contributed by atoms with van der Waals surface area (Å²) >= 11 is 0. The van der Waals surface area contributed by atoms with Crippen molar-refractivity contribution in [2.24, 2.45) is 57.9 Å². The summed E-state index contributed by atoms with van der Waals surface area (Å²) < 4.78 is 0. The van der Waals surface area contributed by atoms with Gasteiger partial charge in [0.05, 0.1) is 18.9 Å². The Labute approximate surface area is 418 Å². The molecular formula is C44H79N15O13. The van der Waals surface area contributed by atoms with Crippen LogP contribution in [0.2, 0.25) is 0 Å². The first-order chi connectivity index (χ1) is 33.4. The van der Waals surface area contributed by atoms with Gasteiger partial charge in [-0.1, -0.05) is 48.0 Å². The summed E-state index contributed by atoms with van der Waals surface area (Å²) in [5.74, 6) is -13.5. The summed E-state index contributed by atoms with van der Waals surface area (Å²) in [6, 6.07) is -12.9. The fourth-order valence-corrected chi connectivity index (χ4v) is 6.82. The third kappa shape index (κ3) is 25.2. The number of carbonyl (C=O) groups is 13. The van der Waals surface area contributed by atoms with E-state index in [4.69, 9.17) is 40.1 Å². The Hall–Kier alpha value is -6.97. The highest BCUT2D eigenvalue weighted by Gasteiger charge is 2.36. The predicted molar refractivity (Wildman–Crippen MR) is 259 cm³/mol. The number of hydrogen-bond donors (Lipinski definition) is 15. The lowest BCUT2D eigenvalue weighted by Crippen LogP contribution is -2.61. The van der Waals surface area contributed by atoms with Crippen molar-refractivity contribution in [3.8, 4) is 0 Å². The first kappa shape index (κ1) is 65.0. The number of primary amides is 5. The Balaban J connectivity index is 6.59. The third-order valence-electron chi connectivity index (χ3n) is 11.2. The Morgan fingerprint density at radius 3 is 1.25 bits per heavy atom. The van der Waals surface area contributed by atoms with Crippen LogP contribution in [0.4, 0.5) is 0 Å². The zero-order valence-electron chi connectivity index (χ0n) is 42.3. The molecule has 0 aromatic heterocycles. The zero-order valence-corrected chi connectivity index (χ0v) is 42.3. The topological polar surface area (TPSA) is 500 Å². The van der Waals surface area contributed by atoms with Crippen LogP contribution in [0.5, 0.6) is 0 Å². The van der Waals surface area contributed by atoms with E-state index in [1.807, 2.05) is 13.8 Å². The average Bonchev–Trinajstić information content (AvgIpc) is 3.27. The van der Waals surface area contributed by atoms with E-state index in [1.165, 1.54) is 6.92 Å². The van der Waals surface area contributed by atoms with Crippen LogP contribution in [0, 0.1) is 17.8 Å². The summed E-state index contributed by atoms with van der Waals surface area (Å²) in [5.41, 5.74) is 38.2. The summed E-state index contributed by atoms with van der Waals surface area (Å²) in [4.78, 5) is 168. The van der Waals surface area contributed by atoms with Crippen molar-refractivity contribution in [2.45, 2.75) is 173 Å². The minimum Gasteiger partial charge on any atom is -0.370 e. The monoisotopic (exact) mass is 1030 g/mol. The standard InChI is InChI=1S/C44H79N15O13/c1-8-22(6)35(59-37(65)23(7)52-43(71)34(21(4)5)58-38(66)24(46)17-20(2)3)44(72)55-27(13-15-31(48)61)40(68)57-29(19-33(50)63)42(70)54-26(11-9-10-16-45)39(67)56-28(18-32(49)62)41(69)53-25(36(51)64)12-14-30(47)60/h20-29,34-35H,8-19,45-46H2,1-7H3,(H2,47,60)(H2,48,61)(H2,49,62)(H2,50,63)(H2,51,64)(H,52,71)(H,53,69)(H,54,70)(H,55,72)(H,56,67)(H,57,68)(H,58,66)(H,59,65)/t22-,23-,24-,25-,26-,27-,28-,29-,34-,35-/m0/s1. The Bertz CT molecular complexity index is 1940. The van der Waals surface area contributed by atoms with E-state index in [1.54, 1.807) is 27.7 Å². The molecule has 0 aliphatic heterocycles. The normalized spacial score (nSPS) is 15.3. The predicted octanol–water partition coefficient (Wildman–Crippen LogP) is -6.14. The molecule has 0 unspecified atom stereocenters. The minimum atomic E-state index is -1.85. The lowest BCUT2D eigenvalue weighted by atomic mass is 9.97. The molecule has 28 nitrogen and oxygen atoms in total. The van der Waals surface area contributed by atoms with Gasteiger partial charge in [-0.25, -0.2) is 0 Å². The molecule has 0 spiro atoms. The molecule has 0 heterocycles. The number of amides is 13. The molecule has 0 bridgehead atoms. The van der Waals surface area contributed by atoms with Crippen LogP contribution < -0.4 is 82.7 Å². The molecule has 72 heavy (non-hydrogen) atoms. The minimum absolute atomic E-state index is 0.103. The van der Waals surface area contributed by atoms with Crippen molar-refractivity contribution in [1.29, 1.82) is 0 Å². The first-order valence-electron chi connectivity index (χ1n) is 23.8. The quantitative estimate of drug-likeness (QED) is 0.0260. The maximum Gasteiger partial charge on any atom is 0.243 e. The van der Waals surface area contributed by atoms with Crippen LogP contribution in [0.3, 0.4) is 0 Å². The van der Waals surface area contributed by atoms with Gasteiger partial charge >= 0.3 is 0 Å². The van der Waals surface area contributed by atoms with E-state index < -0.39 is 169 Å². The summed E-state index contributed by atoms with van der Waals surface area (Å²) in [5, 5.41) is 19.3. The van der Waals surface area contributed by atoms with Crippen molar-refractivity contribution < 1.29 is 62.3 Å². The molecule has 22 N–H and O–H groups in total. The zero-order chi connectivity index (χ0) is 55.6. The van der Waals surface area contributed by atoms with Crippen molar-refractivity contribution in [2.75, 3.05) is 6.54 Å². The average molecular weight is 1030 g/mol. The van der Waals surface area contributed by atoms with Crippen molar-refractivity contribution in [3.05, 3.63) is 0 Å². The number of nitrogens with one attached hydrogen (secondary N) is 8. The molecular weight excluding hydrogens is 947 g/mol. The van der Waals surface area contributed by atoms with Crippen LogP contribution in [-0.4, -0.2) is 138 Å². The van der Waals surface area contributed by atoms with Gasteiger partial charge in [0.25, 0.3) is 0 Å². The number of nitrogens with two attached hydrogens (primary N) is 7. The molecule has 0 fully saturated rings. The smallest absolute Gasteiger partial charge is 0.243 e. The van der Waals surface area contributed by atoms with Crippen LogP contribution in [-0.2, 0) is 62.3 Å². The highest BCUT2D eigenvalue weighted by atomic mass is 16.2. The van der Waals surface area contributed by atoms with Crippen molar-refractivity contribution >= 4 is 76.8 Å². The van der Waals surface area contributed by atoms with E-state index in [2.05, 4.69) is 42.5 Å². The van der Waals surface area contributed by atoms with Gasteiger partial charge in [0.2, 0.25) is 76.8 Å². The first-order valence-corrected chi connectivity index (χ1v) is 23.8. The fourth-order valence-electron chi connectivity index (χ4n) is 6.82. The van der Waals surface area contributed by atoms with Crippen molar-refractivity contribution in [1.82, 2.24) is 42.5 Å². The van der Waals surface area contributed by atoms with Crippen LogP contribution >= 0.6 is 0 Å². The maximum atomic E-state index is 14.0. The number of carbonyl (C=O) groups excluding carboxylic acids is 13. The lowest BCUT2D eigenvalue weighted by Gasteiger charge is -2.29.